The summed E-state index contributed by atoms with van der Waals surface area (Å²) in [5.74, 6) is -3.63. The van der Waals surface area contributed by atoms with Gasteiger partial charge in [-0.15, -0.1) is 0 Å². The number of hydrogen-bond acceptors (Lipinski definition) is 5. The number of benzene rings is 2. The third kappa shape index (κ3) is 7.65. The second kappa shape index (κ2) is 11.2. The van der Waals surface area contributed by atoms with Crippen molar-refractivity contribution >= 4 is 17.8 Å². The zero-order valence-corrected chi connectivity index (χ0v) is 21.8. The number of carbonyl (C=O) groups excluding carboxylic acids is 2. The summed E-state index contributed by atoms with van der Waals surface area (Å²) in [5, 5.41) is 12.0. The van der Waals surface area contributed by atoms with E-state index < -0.39 is 35.2 Å². The van der Waals surface area contributed by atoms with Gasteiger partial charge < -0.3 is 19.9 Å². The van der Waals surface area contributed by atoms with Gasteiger partial charge >= 0.3 is 11.9 Å². The van der Waals surface area contributed by atoms with Gasteiger partial charge in [0, 0.05) is 20.4 Å². The van der Waals surface area contributed by atoms with Crippen molar-refractivity contribution in [3.63, 3.8) is 0 Å². The van der Waals surface area contributed by atoms with Crippen molar-refractivity contribution in [1.29, 1.82) is 0 Å². The van der Waals surface area contributed by atoms with Gasteiger partial charge in [0.1, 0.15) is 0 Å². The van der Waals surface area contributed by atoms with E-state index in [2.05, 4.69) is 54.7 Å². The fourth-order valence-electron chi connectivity index (χ4n) is 4.49. The van der Waals surface area contributed by atoms with Crippen LogP contribution >= 0.6 is 0 Å². The van der Waals surface area contributed by atoms with Crippen molar-refractivity contribution in [2.45, 2.75) is 72.2 Å². The summed E-state index contributed by atoms with van der Waals surface area (Å²) in [4.78, 5) is 36.8. The Kier molecular flexibility index (Phi) is 8.56. The highest BCUT2D eigenvalue weighted by Gasteiger charge is 2.47. The first-order chi connectivity index (χ1) is 16.8. The molecule has 1 aliphatic rings. The van der Waals surface area contributed by atoms with Crippen LogP contribution in [-0.2, 0) is 30.3 Å². The number of rotatable bonds is 11. The third-order valence-electron chi connectivity index (χ3n) is 6.35. The molecule has 7 nitrogen and oxygen atoms in total. The molecule has 0 radical (unpaired) electrons. The monoisotopic (exact) mass is 495 g/mol. The normalized spacial score (nSPS) is 17.9. The molecule has 3 rings (SSSR count). The molecule has 0 aromatic heterocycles. The van der Waals surface area contributed by atoms with E-state index in [0.717, 1.165) is 17.5 Å². The molecule has 0 bridgehead atoms. The highest BCUT2D eigenvalue weighted by Crippen LogP contribution is 2.31. The van der Waals surface area contributed by atoms with Crippen LogP contribution in [0.15, 0.2) is 48.5 Å². The van der Waals surface area contributed by atoms with E-state index in [1.165, 1.54) is 11.1 Å². The standard InChI is InChI=1S/C29H37NO6/c1-19-8-6-10-22(16-19)21-14-12-20(13-15-21)9-7-11-23(25-27(34)36-29(4,5)35-25)26(33)30-18-28(2,3)17-24(31)32/h6,8,10,12-16,23,25H,7,9,11,17-18H2,1-5H3,(H,30,33)(H,31,32)/t23-,25+/m1/s1. The molecule has 0 saturated carbocycles. The van der Waals surface area contributed by atoms with Crippen LogP contribution in [0.2, 0.25) is 0 Å². The first-order valence-corrected chi connectivity index (χ1v) is 12.4. The molecule has 1 heterocycles. The van der Waals surface area contributed by atoms with Crippen molar-refractivity contribution in [2.75, 3.05) is 6.54 Å². The van der Waals surface area contributed by atoms with Gasteiger partial charge in [-0.2, -0.15) is 0 Å². The number of amides is 1. The van der Waals surface area contributed by atoms with Crippen LogP contribution in [0, 0.1) is 18.3 Å². The molecule has 7 heteroatoms. The van der Waals surface area contributed by atoms with Crippen molar-refractivity contribution in [3.8, 4) is 11.1 Å². The average Bonchev–Trinajstić information content (AvgIpc) is 3.06. The number of carboxylic acid groups (broad SMARTS) is 1. The number of hydrogen-bond donors (Lipinski definition) is 2. The highest BCUT2D eigenvalue weighted by atomic mass is 16.8. The highest BCUT2D eigenvalue weighted by molar-refractivity contribution is 5.87. The van der Waals surface area contributed by atoms with Crippen molar-refractivity contribution in [3.05, 3.63) is 59.7 Å². The molecule has 2 N–H and O–H groups in total. The number of ether oxygens (including phenoxy) is 2. The molecule has 36 heavy (non-hydrogen) atoms. The first-order valence-electron chi connectivity index (χ1n) is 12.4. The van der Waals surface area contributed by atoms with Gasteiger partial charge in [0.25, 0.3) is 0 Å². The summed E-state index contributed by atoms with van der Waals surface area (Å²) in [6.45, 7) is 9.10. The first kappa shape index (κ1) is 27.4. The Hall–Kier alpha value is -3.19. The molecular weight excluding hydrogens is 458 g/mol. The number of carbonyl (C=O) groups is 3. The maximum absolute atomic E-state index is 13.1. The molecule has 0 unspecified atom stereocenters. The summed E-state index contributed by atoms with van der Waals surface area (Å²) in [6.07, 6.45) is 0.777. The second-order valence-corrected chi connectivity index (χ2v) is 10.9. The fraction of sp³-hybridized carbons (Fsp3) is 0.483. The number of cyclic esters (lactones) is 1. The fourth-order valence-corrected chi connectivity index (χ4v) is 4.49. The van der Waals surface area contributed by atoms with Gasteiger partial charge in [-0.25, -0.2) is 4.79 Å². The van der Waals surface area contributed by atoms with Crippen LogP contribution < -0.4 is 5.32 Å². The lowest BCUT2D eigenvalue weighted by molar-refractivity contribution is -0.162. The number of aliphatic carboxylic acids is 1. The van der Waals surface area contributed by atoms with E-state index in [0.29, 0.717) is 12.8 Å². The molecule has 2 aromatic rings. The van der Waals surface area contributed by atoms with Gasteiger partial charge in [0.05, 0.1) is 12.3 Å². The van der Waals surface area contributed by atoms with Crippen molar-refractivity contribution < 1.29 is 29.0 Å². The minimum absolute atomic E-state index is 0.0779. The molecule has 194 valence electrons. The van der Waals surface area contributed by atoms with E-state index in [1.54, 1.807) is 27.7 Å². The summed E-state index contributed by atoms with van der Waals surface area (Å²) < 4.78 is 11.1. The van der Waals surface area contributed by atoms with E-state index >= 15 is 0 Å². The Morgan fingerprint density at radius 3 is 2.39 bits per heavy atom. The Bertz CT molecular complexity index is 1090. The van der Waals surface area contributed by atoms with Gasteiger partial charge in [0.15, 0.2) is 6.10 Å². The van der Waals surface area contributed by atoms with Crippen LogP contribution in [0.4, 0.5) is 0 Å². The summed E-state index contributed by atoms with van der Waals surface area (Å²) in [6, 6.07) is 16.7. The number of carboxylic acids is 1. The molecule has 0 aliphatic carbocycles. The number of aryl methyl sites for hydroxylation is 2. The summed E-state index contributed by atoms with van der Waals surface area (Å²) in [5.41, 5.74) is 4.05. The number of esters is 1. The van der Waals surface area contributed by atoms with Crippen LogP contribution in [0.25, 0.3) is 11.1 Å². The lowest BCUT2D eigenvalue weighted by atomic mass is 9.88. The lowest BCUT2D eigenvalue weighted by Gasteiger charge is -2.26. The minimum atomic E-state index is -1.09. The quantitative estimate of drug-likeness (QED) is 0.430. The Labute approximate surface area is 213 Å². The van der Waals surface area contributed by atoms with Crippen molar-refractivity contribution in [1.82, 2.24) is 5.32 Å². The topological polar surface area (TPSA) is 102 Å². The second-order valence-electron chi connectivity index (χ2n) is 10.9. The largest absolute Gasteiger partial charge is 0.481 e. The maximum Gasteiger partial charge on any atom is 0.338 e. The molecule has 1 fully saturated rings. The van der Waals surface area contributed by atoms with Gasteiger partial charge in [-0.1, -0.05) is 67.9 Å². The molecule has 1 aliphatic heterocycles. The van der Waals surface area contributed by atoms with Crippen LogP contribution in [0.3, 0.4) is 0 Å². The molecule has 2 aromatic carbocycles. The van der Waals surface area contributed by atoms with Crippen LogP contribution in [-0.4, -0.2) is 41.4 Å². The average molecular weight is 496 g/mol. The molecule has 0 spiro atoms. The zero-order chi connectivity index (χ0) is 26.5. The Balaban J connectivity index is 1.64. The van der Waals surface area contributed by atoms with Gasteiger partial charge in [-0.05, 0) is 48.3 Å². The smallest absolute Gasteiger partial charge is 0.338 e. The summed E-state index contributed by atoms with van der Waals surface area (Å²) in [7, 11) is 0. The predicted molar refractivity (Wildman–Crippen MR) is 137 cm³/mol. The number of nitrogens with one attached hydrogen (secondary N) is 1. The van der Waals surface area contributed by atoms with Crippen LogP contribution in [0.1, 0.15) is 58.1 Å². The van der Waals surface area contributed by atoms with Crippen molar-refractivity contribution in [2.24, 2.45) is 11.3 Å². The van der Waals surface area contributed by atoms with E-state index in [1.807, 2.05) is 6.07 Å². The van der Waals surface area contributed by atoms with Gasteiger partial charge in [0.2, 0.25) is 11.7 Å². The Morgan fingerprint density at radius 1 is 1.11 bits per heavy atom. The van der Waals surface area contributed by atoms with Crippen LogP contribution in [0.5, 0.6) is 0 Å². The Morgan fingerprint density at radius 2 is 1.81 bits per heavy atom. The van der Waals surface area contributed by atoms with Gasteiger partial charge in [-0.3, -0.25) is 9.59 Å². The predicted octanol–water partition coefficient (Wildman–Crippen LogP) is 4.90. The van der Waals surface area contributed by atoms with E-state index in [-0.39, 0.29) is 18.9 Å². The molecule has 2 atom stereocenters. The SMILES string of the molecule is Cc1cccc(-c2ccc(CCC[C@@H](C(=O)NCC(C)(C)CC(=O)O)[C@@H]3OC(C)(C)OC3=O)cc2)c1. The van der Waals surface area contributed by atoms with E-state index in [4.69, 9.17) is 14.6 Å². The maximum atomic E-state index is 13.1. The van der Waals surface area contributed by atoms with E-state index in [9.17, 15) is 14.4 Å². The molecular formula is C29H37NO6. The molecule has 1 amide bonds. The third-order valence-corrected chi connectivity index (χ3v) is 6.35. The summed E-state index contributed by atoms with van der Waals surface area (Å²) >= 11 is 0. The zero-order valence-electron chi connectivity index (χ0n) is 21.8. The minimum Gasteiger partial charge on any atom is -0.481 e. The molecule has 1 saturated heterocycles. The lowest BCUT2D eigenvalue weighted by Crippen LogP contribution is -2.44.